The lowest BCUT2D eigenvalue weighted by molar-refractivity contribution is 0.0155. The number of aromatic nitrogens is 1. The molecule has 162 valence electrons. The lowest BCUT2D eigenvalue weighted by atomic mass is 9.67. The highest BCUT2D eigenvalue weighted by Gasteiger charge is 2.54. The van der Waals surface area contributed by atoms with Gasteiger partial charge in [-0.15, -0.1) is 0 Å². The number of fused-ring (bicyclic) bond motifs is 4. The van der Waals surface area contributed by atoms with E-state index in [0.29, 0.717) is 16.7 Å². The summed E-state index contributed by atoms with van der Waals surface area (Å²) in [6.45, 7) is 0. The molecule has 2 aromatic rings. The number of pyridine rings is 1. The molecule has 2 aliphatic heterocycles. The molecule has 1 amide bonds. The maximum Gasteiger partial charge on any atom is 0.270 e. The molecule has 31 heavy (non-hydrogen) atoms. The van der Waals surface area contributed by atoms with Gasteiger partial charge in [-0.3, -0.25) is 4.79 Å². The van der Waals surface area contributed by atoms with E-state index in [1.807, 2.05) is 12.1 Å². The van der Waals surface area contributed by atoms with Gasteiger partial charge in [-0.25, -0.2) is 9.98 Å². The van der Waals surface area contributed by atoms with Crippen LogP contribution in [0.25, 0.3) is 0 Å². The summed E-state index contributed by atoms with van der Waals surface area (Å²) in [6, 6.07) is 11.3. The number of benzene rings is 1. The van der Waals surface area contributed by atoms with Crippen molar-refractivity contribution in [1.29, 1.82) is 0 Å². The van der Waals surface area contributed by atoms with E-state index in [9.17, 15) is 4.79 Å². The van der Waals surface area contributed by atoms with Gasteiger partial charge in [0.2, 0.25) is 5.88 Å². The quantitative estimate of drug-likeness (QED) is 0.666. The van der Waals surface area contributed by atoms with Crippen molar-refractivity contribution in [2.75, 3.05) is 12.9 Å². The molecule has 3 aliphatic rings. The summed E-state index contributed by atoms with van der Waals surface area (Å²) in [4.78, 5) is 22.0. The zero-order valence-electron chi connectivity index (χ0n) is 17.0. The maximum atomic E-state index is 12.8. The van der Waals surface area contributed by atoms with Crippen molar-refractivity contribution >= 4 is 38.8 Å². The molecular weight excluding hydrogens is 480 g/mol. The number of carbonyl (C=O) groups is 1. The Morgan fingerprint density at radius 3 is 3.00 bits per heavy atom. The minimum absolute atomic E-state index is 0.0120. The third kappa shape index (κ3) is 3.67. The van der Waals surface area contributed by atoms with E-state index in [4.69, 9.17) is 20.2 Å². The second kappa shape index (κ2) is 8.02. The van der Waals surface area contributed by atoms with E-state index in [0.717, 1.165) is 40.8 Å². The van der Waals surface area contributed by atoms with Crippen LogP contribution in [0, 0.1) is 5.92 Å². The first-order chi connectivity index (χ1) is 15.0. The van der Waals surface area contributed by atoms with E-state index in [2.05, 4.69) is 32.3 Å². The molecule has 9 heteroatoms. The predicted molar refractivity (Wildman–Crippen MR) is 124 cm³/mol. The van der Waals surface area contributed by atoms with Gasteiger partial charge in [-0.2, -0.15) is 0 Å². The normalized spacial score (nSPS) is 28.8. The molecule has 0 saturated heterocycles. The fourth-order valence-corrected chi connectivity index (χ4v) is 6.30. The van der Waals surface area contributed by atoms with Crippen LogP contribution in [0.1, 0.15) is 35.3 Å². The maximum absolute atomic E-state index is 12.8. The average Bonchev–Trinajstić information content (AvgIpc) is 3.17. The van der Waals surface area contributed by atoms with Gasteiger partial charge in [0.15, 0.2) is 5.17 Å². The number of nitrogens with one attached hydrogen (secondary N) is 1. The fourth-order valence-electron chi connectivity index (χ4n) is 4.91. The first-order valence-electron chi connectivity index (χ1n) is 10.3. The second-order valence-electron chi connectivity index (χ2n) is 8.11. The molecule has 7 nitrogen and oxygen atoms in total. The Hall–Kier alpha value is -2.26. The minimum Gasteiger partial charge on any atom is -0.490 e. The number of rotatable bonds is 3. The Kier molecular flexibility index (Phi) is 5.34. The van der Waals surface area contributed by atoms with Gasteiger partial charge in [-0.05, 0) is 43.5 Å². The number of nitrogens with two attached hydrogens (primary N) is 1. The molecule has 4 unspecified atom stereocenters. The fraction of sp³-hybridized carbons (Fsp3) is 0.409. The molecule has 1 aromatic carbocycles. The van der Waals surface area contributed by atoms with Crippen molar-refractivity contribution < 1.29 is 14.3 Å². The van der Waals surface area contributed by atoms with Gasteiger partial charge in [0.1, 0.15) is 23.1 Å². The molecule has 1 fully saturated rings. The molecule has 1 spiro atoms. The summed E-state index contributed by atoms with van der Waals surface area (Å²) in [6.07, 6.45) is 2.50. The predicted octanol–water partition coefficient (Wildman–Crippen LogP) is 3.47. The molecule has 1 aliphatic carbocycles. The second-order valence-corrected chi connectivity index (χ2v) is 10.0. The summed E-state index contributed by atoms with van der Waals surface area (Å²) in [5.41, 5.74) is 7.13. The first kappa shape index (κ1) is 20.6. The molecule has 3 N–H and O–H groups in total. The van der Waals surface area contributed by atoms with Crippen LogP contribution in [0.3, 0.4) is 0 Å². The number of ether oxygens (including phenoxy) is 2. The Balaban J connectivity index is 1.42. The van der Waals surface area contributed by atoms with Gasteiger partial charge in [0.25, 0.3) is 5.91 Å². The number of nitrogens with zero attached hydrogens (tertiary/aromatic N) is 2. The van der Waals surface area contributed by atoms with Crippen molar-refractivity contribution in [1.82, 2.24) is 10.3 Å². The SMILES string of the molecule is COc1cccc(C(=O)NC2CCC3Oc4ccc(Br)cc4C4(CSC(N)=N4)C3C2)n1. The largest absolute Gasteiger partial charge is 0.490 e. The van der Waals surface area contributed by atoms with Crippen LogP contribution >= 0.6 is 27.7 Å². The lowest BCUT2D eigenvalue weighted by Crippen LogP contribution is -2.54. The highest BCUT2D eigenvalue weighted by atomic mass is 79.9. The number of carbonyl (C=O) groups excluding carboxylic acids is 1. The number of amides is 1. The highest BCUT2D eigenvalue weighted by molar-refractivity contribution is 9.10. The number of aliphatic imine (C=N–C) groups is 1. The zero-order valence-corrected chi connectivity index (χ0v) is 19.4. The van der Waals surface area contributed by atoms with E-state index >= 15 is 0 Å². The van der Waals surface area contributed by atoms with Crippen LogP contribution in [-0.4, -0.2) is 41.1 Å². The summed E-state index contributed by atoms with van der Waals surface area (Å²) in [5, 5.41) is 3.77. The van der Waals surface area contributed by atoms with E-state index in [1.54, 1.807) is 30.0 Å². The topological polar surface area (TPSA) is 98.8 Å². The molecule has 4 atom stereocenters. The number of halogens is 1. The average molecular weight is 503 g/mol. The smallest absolute Gasteiger partial charge is 0.270 e. The molecule has 1 saturated carbocycles. The van der Waals surface area contributed by atoms with Gasteiger partial charge in [0, 0.05) is 33.8 Å². The van der Waals surface area contributed by atoms with Crippen molar-refractivity contribution in [2.24, 2.45) is 16.6 Å². The highest BCUT2D eigenvalue weighted by Crippen LogP contribution is 2.54. The molecular formula is C22H23BrN4O3S. The number of thioether (sulfide) groups is 1. The molecule has 5 rings (SSSR count). The van der Waals surface area contributed by atoms with Gasteiger partial charge in [0.05, 0.1) is 7.11 Å². The summed E-state index contributed by atoms with van der Waals surface area (Å²) < 4.78 is 12.5. The third-order valence-corrected chi connectivity index (χ3v) is 7.80. The van der Waals surface area contributed by atoms with Crippen molar-refractivity contribution in [3.63, 3.8) is 0 Å². The minimum atomic E-state index is -0.436. The van der Waals surface area contributed by atoms with Crippen LogP contribution in [0.5, 0.6) is 11.6 Å². The van der Waals surface area contributed by atoms with E-state index < -0.39 is 5.54 Å². The zero-order chi connectivity index (χ0) is 21.6. The molecule has 1 aromatic heterocycles. The standard InChI is InChI=1S/C22H23BrN4O3S/c1-29-19-4-2-3-16(26-19)20(28)25-13-6-8-18-15(10-13)22(11-31-21(24)27-22)14-9-12(23)5-7-17(14)30-18/h2-5,7,9,13,15,18H,6,8,10-11H2,1H3,(H2,24,27)(H,25,28). The number of methoxy groups -OCH3 is 1. The Morgan fingerprint density at radius 2 is 2.23 bits per heavy atom. The number of hydrogen-bond donors (Lipinski definition) is 2. The van der Waals surface area contributed by atoms with Gasteiger partial charge < -0.3 is 20.5 Å². The van der Waals surface area contributed by atoms with E-state index in [-0.39, 0.29) is 24.0 Å². The van der Waals surface area contributed by atoms with Crippen molar-refractivity contribution in [2.45, 2.75) is 36.9 Å². The van der Waals surface area contributed by atoms with Crippen LogP contribution < -0.4 is 20.5 Å². The van der Waals surface area contributed by atoms with Gasteiger partial charge in [-0.1, -0.05) is 33.8 Å². The molecule has 0 bridgehead atoms. The Labute approximate surface area is 193 Å². The van der Waals surface area contributed by atoms with Crippen molar-refractivity contribution in [3.8, 4) is 11.6 Å². The van der Waals surface area contributed by atoms with Crippen LogP contribution in [0.2, 0.25) is 0 Å². The monoisotopic (exact) mass is 502 g/mol. The van der Waals surface area contributed by atoms with Crippen LogP contribution in [0.15, 0.2) is 45.9 Å². The third-order valence-electron chi connectivity index (χ3n) is 6.34. The summed E-state index contributed by atoms with van der Waals surface area (Å²) in [5.74, 6) is 2.02. The van der Waals surface area contributed by atoms with Crippen molar-refractivity contribution in [3.05, 3.63) is 52.1 Å². The Bertz CT molecular complexity index is 1060. The Morgan fingerprint density at radius 1 is 1.35 bits per heavy atom. The van der Waals surface area contributed by atoms with Gasteiger partial charge >= 0.3 is 0 Å². The lowest BCUT2D eigenvalue weighted by Gasteiger charge is -2.48. The summed E-state index contributed by atoms with van der Waals surface area (Å²) >= 11 is 5.18. The number of hydrogen-bond acceptors (Lipinski definition) is 7. The first-order valence-corrected chi connectivity index (χ1v) is 12.0. The van der Waals surface area contributed by atoms with E-state index in [1.165, 1.54) is 7.11 Å². The van der Waals surface area contributed by atoms with Crippen LogP contribution in [-0.2, 0) is 5.54 Å². The molecule has 0 radical (unpaired) electrons. The molecule has 3 heterocycles. The van der Waals surface area contributed by atoms with Crippen LogP contribution in [0.4, 0.5) is 0 Å². The summed E-state index contributed by atoms with van der Waals surface area (Å²) in [7, 11) is 1.54. The number of amidine groups is 1.